The van der Waals surface area contributed by atoms with Crippen LogP contribution in [-0.4, -0.2) is 19.9 Å². The first-order valence-electron chi connectivity index (χ1n) is 6.34. The van der Waals surface area contributed by atoms with Gasteiger partial charge in [-0.3, -0.25) is 9.97 Å². The van der Waals surface area contributed by atoms with E-state index < -0.39 is 0 Å². The minimum atomic E-state index is 0.184. The first kappa shape index (κ1) is 12.0. The number of nitrogens with one attached hydrogen (secondary N) is 3. The van der Waals surface area contributed by atoms with Crippen molar-refractivity contribution in [1.29, 1.82) is 0 Å². The van der Waals surface area contributed by atoms with Crippen molar-refractivity contribution < 1.29 is 4.98 Å². The predicted molar refractivity (Wildman–Crippen MR) is 80.5 cm³/mol. The third-order valence-electron chi connectivity index (χ3n) is 3.17. The van der Waals surface area contributed by atoms with Crippen LogP contribution in [0.2, 0.25) is 5.28 Å². The maximum atomic E-state index is 5.94. The molecule has 0 fully saturated rings. The lowest BCUT2D eigenvalue weighted by atomic mass is 10.2. The van der Waals surface area contributed by atoms with E-state index in [0.29, 0.717) is 11.5 Å². The lowest BCUT2D eigenvalue weighted by molar-refractivity contribution is -0.347. The van der Waals surface area contributed by atoms with Gasteiger partial charge < -0.3 is 5.32 Å². The van der Waals surface area contributed by atoms with Crippen LogP contribution < -0.4 is 10.3 Å². The van der Waals surface area contributed by atoms with Gasteiger partial charge in [0, 0.05) is 17.3 Å². The van der Waals surface area contributed by atoms with Gasteiger partial charge in [0.1, 0.15) is 0 Å². The SMILES string of the molecule is Clc1nc(Nc2ccc3ncccc3c2)c2[nH]c[nH+]c2n1. The Morgan fingerprint density at radius 3 is 3.10 bits per heavy atom. The molecule has 0 atom stereocenters. The summed E-state index contributed by atoms with van der Waals surface area (Å²) in [6.45, 7) is 0. The van der Waals surface area contributed by atoms with Gasteiger partial charge in [-0.05, 0) is 35.9 Å². The molecule has 6 nitrogen and oxygen atoms in total. The van der Waals surface area contributed by atoms with Crippen molar-refractivity contribution in [3.05, 3.63) is 48.1 Å². The first-order chi connectivity index (χ1) is 10.3. The lowest BCUT2D eigenvalue weighted by Gasteiger charge is -2.06. The van der Waals surface area contributed by atoms with Gasteiger partial charge in [0.25, 0.3) is 0 Å². The molecule has 3 heterocycles. The van der Waals surface area contributed by atoms with Crippen LogP contribution in [0, 0.1) is 0 Å². The summed E-state index contributed by atoms with van der Waals surface area (Å²) in [5, 5.41) is 4.49. The number of hydrogen-bond donors (Lipinski definition) is 2. The van der Waals surface area contributed by atoms with E-state index in [1.807, 2.05) is 30.3 Å². The molecule has 0 unspecified atom stereocenters. The van der Waals surface area contributed by atoms with Crippen LogP contribution in [0.4, 0.5) is 11.5 Å². The number of benzene rings is 1. The zero-order valence-electron chi connectivity index (χ0n) is 10.8. The Labute approximate surface area is 124 Å². The van der Waals surface area contributed by atoms with Crippen LogP contribution in [0.15, 0.2) is 42.9 Å². The Morgan fingerprint density at radius 1 is 1.19 bits per heavy atom. The third-order valence-corrected chi connectivity index (χ3v) is 3.34. The van der Waals surface area contributed by atoms with Crippen LogP contribution in [0.3, 0.4) is 0 Å². The zero-order chi connectivity index (χ0) is 14.2. The largest absolute Gasteiger partial charge is 0.337 e. The van der Waals surface area contributed by atoms with Crippen molar-refractivity contribution in [3.63, 3.8) is 0 Å². The Kier molecular flexibility index (Phi) is 2.68. The molecule has 3 N–H and O–H groups in total. The number of nitrogens with zero attached hydrogens (tertiary/aromatic N) is 3. The summed E-state index contributed by atoms with van der Waals surface area (Å²) in [6, 6.07) is 9.84. The molecule has 0 radical (unpaired) electrons. The van der Waals surface area contributed by atoms with E-state index in [1.165, 1.54) is 0 Å². The van der Waals surface area contributed by atoms with E-state index in [2.05, 4.69) is 30.2 Å². The van der Waals surface area contributed by atoms with Crippen LogP contribution in [0.1, 0.15) is 0 Å². The topological polar surface area (TPSA) is 80.6 Å². The molecule has 3 aromatic heterocycles. The molecule has 0 saturated heterocycles. The summed E-state index contributed by atoms with van der Waals surface area (Å²) < 4.78 is 0. The maximum absolute atomic E-state index is 5.94. The second-order valence-electron chi connectivity index (χ2n) is 4.53. The van der Waals surface area contributed by atoms with Gasteiger partial charge in [-0.15, -0.1) is 0 Å². The number of aromatic amines is 2. The quantitative estimate of drug-likeness (QED) is 0.557. The first-order valence-corrected chi connectivity index (χ1v) is 6.71. The van der Waals surface area contributed by atoms with Gasteiger partial charge in [-0.1, -0.05) is 11.1 Å². The number of rotatable bonds is 2. The molecule has 0 saturated carbocycles. The number of imidazole rings is 1. The highest BCUT2D eigenvalue weighted by molar-refractivity contribution is 6.28. The molecule has 7 heteroatoms. The van der Waals surface area contributed by atoms with E-state index in [0.717, 1.165) is 22.1 Å². The van der Waals surface area contributed by atoms with Crippen LogP contribution in [-0.2, 0) is 0 Å². The molecule has 4 aromatic rings. The van der Waals surface area contributed by atoms with E-state index in [1.54, 1.807) is 12.5 Å². The minimum absolute atomic E-state index is 0.184. The Hall–Kier alpha value is -2.73. The zero-order valence-corrected chi connectivity index (χ0v) is 11.5. The molecular formula is C14H10ClN6+. The molecule has 4 rings (SSSR count). The highest BCUT2D eigenvalue weighted by atomic mass is 35.5. The van der Waals surface area contributed by atoms with Crippen molar-refractivity contribution in [2.45, 2.75) is 0 Å². The Bertz CT molecular complexity index is 948. The summed E-state index contributed by atoms with van der Waals surface area (Å²) in [6.07, 6.45) is 3.46. The third kappa shape index (κ3) is 2.15. The number of pyridine rings is 1. The van der Waals surface area contributed by atoms with Crippen LogP contribution in [0.25, 0.3) is 22.1 Å². The fraction of sp³-hybridized carbons (Fsp3) is 0. The van der Waals surface area contributed by atoms with Gasteiger partial charge in [0.05, 0.1) is 5.52 Å². The Morgan fingerprint density at radius 2 is 2.14 bits per heavy atom. The molecule has 0 bridgehead atoms. The van der Waals surface area contributed by atoms with Gasteiger partial charge in [0.2, 0.25) is 5.52 Å². The fourth-order valence-corrected chi connectivity index (χ4v) is 2.40. The normalized spacial score (nSPS) is 11.1. The molecule has 0 spiro atoms. The number of anilines is 2. The summed E-state index contributed by atoms with van der Waals surface area (Å²) in [5.41, 5.74) is 3.27. The molecule has 0 aliphatic carbocycles. The van der Waals surface area contributed by atoms with E-state index in [9.17, 15) is 0 Å². The molecule has 1 aromatic carbocycles. The Balaban J connectivity index is 1.80. The summed E-state index contributed by atoms with van der Waals surface area (Å²) in [5.74, 6) is 0.620. The van der Waals surface area contributed by atoms with Crippen molar-refractivity contribution in [3.8, 4) is 0 Å². The average Bonchev–Trinajstić information content (AvgIpc) is 2.95. The van der Waals surface area contributed by atoms with Gasteiger partial charge >= 0.3 is 10.9 Å². The maximum Gasteiger partial charge on any atom is 0.306 e. The predicted octanol–water partition coefficient (Wildman–Crippen LogP) is 2.72. The second kappa shape index (κ2) is 4.68. The molecular weight excluding hydrogens is 288 g/mol. The smallest absolute Gasteiger partial charge is 0.306 e. The average molecular weight is 298 g/mol. The summed E-state index contributed by atoms with van der Waals surface area (Å²) >= 11 is 5.94. The standard InChI is InChI=1S/C14H9ClN6/c15-14-20-12-11(17-7-18-12)13(21-14)19-9-3-4-10-8(6-9)2-1-5-16-10/h1-7H,(H2,17,18,19,20,21)/p+1. The van der Waals surface area contributed by atoms with Crippen molar-refractivity contribution in [2.75, 3.05) is 5.32 Å². The van der Waals surface area contributed by atoms with Crippen LogP contribution in [0.5, 0.6) is 0 Å². The molecule has 0 aliphatic rings. The summed E-state index contributed by atoms with van der Waals surface area (Å²) in [7, 11) is 0. The highest BCUT2D eigenvalue weighted by Crippen LogP contribution is 2.24. The monoisotopic (exact) mass is 297 g/mol. The van der Waals surface area contributed by atoms with Gasteiger partial charge in [-0.2, -0.15) is 4.98 Å². The number of hydrogen-bond acceptors (Lipinski definition) is 4. The number of halogens is 1. The summed E-state index contributed by atoms with van der Waals surface area (Å²) in [4.78, 5) is 18.7. The number of fused-ring (bicyclic) bond motifs is 2. The van der Waals surface area contributed by atoms with Gasteiger partial charge in [0.15, 0.2) is 12.1 Å². The molecule has 21 heavy (non-hydrogen) atoms. The van der Waals surface area contributed by atoms with Crippen molar-refractivity contribution >= 4 is 45.2 Å². The number of aromatic nitrogens is 5. The second-order valence-corrected chi connectivity index (χ2v) is 4.87. The van der Waals surface area contributed by atoms with Crippen molar-refractivity contribution in [1.82, 2.24) is 19.9 Å². The van der Waals surface area contributed by atoms with Gasteiger partial charge in [-0.25, -0.2) is 4.98 Å². The molecule has 102 valence electrons. The fourth-order valence-electron chi connectivity index (χ4n) is 2.23. The van der Waals surface area contributed by atoms with E-state index >= 15 is 0 Å². The molecule has 0 aliphatic heterocycles. The highest BCUT2D eigenvalue weighted by Gasteiger charge is 2.14. The van der Waals surface area contributed by atoms with E-state index in [4.69, 9.17) is 11.6 Å². The van der Waals surface area contributed by atoms with Crippen molar-refractivity contribution in [2.24, 2.45) is 0 Å². The lowest BCUT2D eigenvalue weighted by Crippen LogP contribution is -2.01. The van der Waals surface area contributed by atoms with E-state index in [-0.39, 0.29) is 5.28 Å². The van der Waals surface area contributed by atoms with Crippen LogP contribution >= 0.6 is 11.6 Å². The number of H-pyrrole nitrogens is 2. The minimum Gasteiger partial charge on any atom is -0.337 e. The molecule has 0 amide bonds.